The second-order valence-corrected chi connectivity index (χ2v) is 5.02. The van der Waals surface area contributed by atoms with Gasteiger partial charge in [-0.3, -0.25) is 4.79 Å². The number of amides is 1. The van der Waals surface area contributed by atoms with Crippen molar-refractivity contribution >= 4 is 11.6 Å². The van der Waals surface area contributed by atoms with Gasteiger partial charge in [0, 0.05) is 23.7 Å². The Morgan fingerprint density at radius 1 is 1.40 bits per heavy atom. The van der Waals surface area contributed by atoms with Crippen molar-refractivity contribution in [2.24, 2.45) is 11.7 Å². The number of halogens is 2. The van der Waals surface area contributed by atoms with Crippen LogP contribution in [0.4, 0.5) is 14.5 Å². The minimum absolute atomic E-state index is 0.0261. The van der Waals surface area contributed by atoms with Crippen LogP contribution >= 0.6 is 0 Å². The van der Waals surface area contributed by atoms with E-state index in [1.165, 1.54) is 12.1 Å². The summed E-state index contributed by atoms with van der Waals surface area (Å²) in [5.41, 5.74) is 6.30. The van der Waals surface area contributed by atoms with Crippen molar-refractivity contribution in [1.82, 2.24) is 0 Å². The Morgan fingerprint density at radius 3 is 2.90 bits per heavy atom. The van der Waals surface area contributed by atoms with Crippen LogP contribution in [0.5, 0.6) is 5.75 Å². The fraction of sp³-hybridized carbons (Fsp3) is 0.500. The molecule has 1 aromatic carbocycles. The van der Waals surface area contributed by atoms with Gasteiger partial charge in [0.05, 0.1) is 0 Å². The molecule has 1 aliphatic rings. The smallest absolute Gasteiger partial charge is 0.387 e. The Kier molecular flexibility index (Phi) is 4.89. The first kappa shape index (κ1) is 14.7. The van der Waals surface area contributed by atoms with Crippen molar-refractivity contribution < 1.29 is 18.3 Å². The highest BCUT2D eigenvalue weighted by molar-refractivity contribution is 5.92. The lowest BCUT2D eigenvalue weighted by Gasteiger charge is -2.25. The van der Waals surface area contributed by atoms with Crippen LogP contribution in [0.1, 0.15) is 25.7 Å². The molecule has 1 aromatic rings. The fourth-order valence-corrected chi connectivity index (χ4v) is 2.46. The van der Waals surface area contributed by atoms with E-state index >= 15 is 0 Å². The van der Waals surface area contributed by atoms with Gasteiger partial charge in [0.25, 0.3) is 0 Å². The van der Waals surface area contributed by atoms with Gasteiger partial charge in [-0.2, -0.15) is 8.78 Å². The molecule has 0 spiro atoms. The van der Waals surface area contributed by atoms with Crippen molar-refractivity contribution in [3.63, 3.8) is 0 Å². The molecular weight excluding hydrogens is 266 g/mol. The number of carbonyl (C=O) groups is 1. The van der Waals surface area contributed by atoms with Crippen molar-refractivity contribution in [3.05, 3.63) is 24.3 Å². The van der Waals surface area contributed by atoms with Crippen molar-refractivity contribution in [1.29, 1.82) is 0 Å². The predicted molar refractivity (Wildman–Crippen MR) is 71.6 cm³/mol. The molecule has 1 aliphatic carbocycles. The molecule has 1 amide bonds. The van der Waals surface area contributed by atoms with Crippen LogP contribution in [-0.4, -0.2) is 18.6 Å². The normalized spacial score (nSPS) is 22.6. The monoisotopic (exact) mass is 284 g/mol. The lowest BCUT2D eigenvalue weighted by Crippen LogP contribution is -2.34. The van der Waals surface area contributed by atoms with Crippen molar-refractivity contribution in [3.8, 4) is 5.75 Å². The molecule has 0 radical (unpaired) electrons. The summed E-state index contributed by atoms with van der Waals surface area (Å²) in [6, 6.07) is 6.05. The molecule has 1 saturated carbocycles. The van der Waals surface area contributed by atoms with Gasteiger partial charge in [-0.05, 0) is 31.4 Å². The van der Waals surface area contributed by atoms with E-state index in [9.17, 15) is 13.6 Å². The minimum atomic E-state index is -2.88. The second kappa shape index (κ2) is 6.65. The lowest BCUT2D eigenvalue weighted by atomic mass is 9.85. The van der Waals surface area contributed by atoms with E-state index in [0.717, 1.165) is 19.3 Å². The zero-order valence-corrected chi connectivity index (χ0v) is 11.0. The Balaban J connectivity index is 1.96. The van der Waals surface area contributed by atoms with Gasteiger partial charge in [-0.25, -0.2) is 0 Å². The summed E-state index contributed by atoms with van der Waals surface area (Å²) in [4.78, 5) is 12.1. The Bertz CT molecular complexity index is 468. The van der Waals surface area contributed by atoms with Crippen molar-refractivity contribution in [2.45, 2.75) is 38.3 Å². The predicted octanol–water partition coefficient (Wildman–Crippen LogP) is 2.74. The summed E-state index contributed by atoms with van der Waals surface area (Å²) >= 11 is 0. The molecular formula is C14H18F2N2O2. The van der Waals surface area contributed by atoms with Gasteiger partial charge < -0.3 is 15.8 Å². The number of alkyl halides is 2. The van der Waals surface area contributed by atoms with Crippen LogP contribution in [-0.2, 0) is 4.79 Å². The molecule has 0 aliphatic heterocycles. The van der Waals surface area contributed by atoms with Crippen LogP contribution in [0.25, 0.3) is 0 Å². The molecule has 6 heteroatoms. The maximum absolute atomic E-state index is 12.1. The maximum Gasteiger partial charge on any atom is 0.387 e. The number of nitrogens with one attached hydrogen (secondary N) is 1. The number of hydrogen-bond acceptors (Lipinski definition) is 3. The quantitative estimate of drug-likeness (QED) is 0.893. The fourth-order valence-electron chi connectivity index (χ4n) is 2.46. The molecule has 0 saturated heterocycles. The summed E-state index contributed by atoms with van der Waals surface area (Å²) in [5, 5.41) is 2.73. The largest absolute Gasteiger partial charge is 0.435 e. The third-order valence-corrected chi connectivity index (χ3v) is 3.41. The third kappa shape index (κ3) is 4.16. The van der Waals surface area contributed by atoms with Gasteiger partial charge in [0.2, 0.25) is 5.91 Å². The standard InChI is InChI=1S/C14H18F2N2O2/c15-14(16)20-12-6-2-5-11(8-12)18-13(19)9-3-1-4-10(17)7-9/h2,5-6,8-10,14H,1,3-4,7,17H2,(H,18,19). The third-order valence-electron chi connectivity index (χ3n) is 3.41. The van der Waals surface area contributed by atoms with Gasteiger partial charge in [-0.1, -0.05) is 12.5 Å². The number of rotatable bonds is 4. The zero-order valence-electron chi connectivity index (χ0n) is 11.0. The first-order valence-corrected chi connectivity index (χ1v) is 6.66. The van der Waals surface area contributed by atoms with Crippen LogP contribution in [0, 0.1) is 5.92 Å². The van der Waals surface area contributed by atoms with Gasteiger partial charge in [0.1, 0.15) is 5.75 Å². The average molecular weight is 284 g/mol. The molecule has 110 valence electrons. The molecule has 20 heavy (non-hydrogen) atoms. The molecule has 0 bridgehead atoms. The highest BCUT2D eigenvalue weighted by Crippen LogP contribution is 2.25. The Labute approximate surface area is 116 Å². The topological polar surface area (TPSA) is 64.4 Å². The molecule has 2 unspecified atom stereocenters. The molecule has 0 aromatic heterocycles. The maximum atomic E-state index is 12.1. The minimum Gasteiger partial charge on any atom is -0.435 e. The average Bonchev–Trinajstić information content (AvgIpc) is 2.38. The van der Waals surface area contributed by atoms with Crippen LogP contribution < -0.4 is 15.8 Å². The SMILES string of the molecule is NC1CCCC(C(=O)Nc2cccc(OC(F)F)c2)C1. The highest BCUT2D eigenvalue weighted by atomic mass is 19.3. The summed E-state index contributed by atoms with van der Waals surface area (Å²) < 4.78 is 28.5. The number of hydrogen-bond donors (Lipinski definition) is 2. The van der Waals surface area contributed by atoms with E-state index in [1.807, 2.05) is 0 Å². The van der Waals surface area contributed by atoms with Gasteiger partial charge >= 0.3 is 6.61 Å². The first-order valence-electron chi connectivity index (χ1n) is 6.66. The van der Waals surface area contributed by atoms with E-state index in [1.54, 1.807) is 12.1 Å². The van der Waals surface area contributed by atoms with Gasteiger partial charge in [0.15, 0.2) is 0 Å². The molecule has 0 heterocycles. The van der Waals surface area contributed by atoms with Crippen molar-refractivity contribution in [2.75, 3.05) is 5.32 Å². The molecule has 2 rings (SSSR count). The number of ether oxygens (including phenoxy) is 1. The zero-order chi connectivity index (χ0) is 14.5. The second-order valence-electron chi connectivity index (χ2n) is 5.02. The summed E-state index contributed by atoms with van der Waals surface area (Å²) in [6.45, 7) is -2.88. The Morgan fingerprint density at radius 2 is 2.20 bits per heavy atom. The van der Waals surface area contributed by atoms with Crippen LogP contribution in [0.2, 0.25) is 0 Å². The van der Waals surface area contributed by atoms with E-state index < -0.39 is 6.61 Å². The lowest BCUT2D eigenvalue weighted by molar-refractivity contribution is -0.120. The Hall–Kier alpha value is -1.69. The van der Waals surface area contributed by atoms with E-state index in [0.29, 0.717) is 12.1 Å². The molecule has 3 N–H and O–H groups in total. The summed E-state index contributed by atoms with van der Waals surface area (Å²) in [7, 11) is 0. The molecule has 2 atom stereocenters. The first-order chi connectivity index (χ1) is 9.54. The van der Waals surface area contributed by atoms with E-state index in [2.05, 4.69) is 10.1 Å². The van der Waals surface area contributed by atoms with Gasteiger partial charge in [-0.15, -0.1) is 0 Å². The van der Waals surface area contributed by atoms with Crippen LogP contribution in [0.3, 0.4) is 0 Å². The number of nitrogens with two attached hydrogens (primary N) is 1. The number of anilines is 1. The number of benzene rings is 1. The molecule has 4 nitrogen and oxygen atoms in total. The summed E-state index contributed by atoms with van der Waals surface area (Å²) in [5.74, 6) is -0.203. The van der Waals surface area contributed by atoms with Crippen LogP contribution in [0.15, 0.2) is 24.3 Å². The van der Waals surface area contributed by atoms with E-state index in [4.69, 9.17) is 5.73 Å². The molecule has 1 fully saturated rings. The van der Waals surface area contributed by atoms with E-state index in [-0.39, 0.29) is 23.6 Å². The number of carbonyl (C=O) groups excluding carboxylic acids is 1. The highest BCUT2D eigenvalue weighted by Gasteiger charge is 2.25. The summed E-state index contributed by atoms with van der Waals surface area (Å²) in [6.07, 6.45) is 3.36.